The number of amides is 1. The minimum absolute atomic E-state index is 0.0170. The molecule has 0 bridgehead atoms. The largest absolute Gasteiger partial charge is 0.481 e. The number of carbonyl (C=O) groups excluding carboxylic acids is 1. The minimum Gasteiger partial charge on any atom is -0.481 e. The zero-order chi connectivity index (χ0) is 33.8. The first-order valence-corrected chi connectivity index (χ1v) is 16.6. The molecule has 10 nitrogen and oxygen atoms in total. The Morgan fingerprint density at radius 1 is 0.979 bits per heavy atom. The highest BCUT2D eigenvalue weighted by Gasteiger charge is 2.22. The normalized spacial score (nSPS) is 14.4. The van der Waals surface area contributed by atoms with Crippen LogP contribution in [0.2, 0.25) is 15.1 Å². The number of rotatable bonds is 12. The molecule has 48 heavy (non-hydrogen) atoms. The molecule has 1 atom stereocenters. The summed E-state index contributed by atoms with van der Waals surface area (Å²) in [6, 6.07) is 16.8. The lowest BCUT2D eigenvalue weighted by atomic mass is 9.97. The number of methoxy groups -OCH3 is 1. The van der Waals surface area contributed by atoms with Crippen LogP contribution >= 0.6 is 34.8 Å². The monoisotopic (exact) mass is 706 g/mol. The van der Waals surface area contributed by atoms with Crippen molar-refractivity contribution in [2.75, 3.05) is 26.8 Å². The lowest BCUT2D eigenvalue weighted by Crippen LogP contribution is -2.35. The molecule has 1 aliphatic heterocycles. The average molecular weight is 708 g/mol. The van der Waals surface area contributed by atoms with Gasteiger partial charge in [-0.05, 0) is 30.2 Å². The van der Waals surface area contributed by atoms with Crippen molar-refractivity contribution in [1.82, 2.24) is 30.3 Å². The van der Waals surface area contributed by atoms with Crippen molar-refractivity contribution in [2.24, 2.45) is 0 Å². The molecular formula is C35H33Cl3N6O4. The molecule has 1 amide bonds. The van der Waals surface area contributed by atoms with Crippen molar-refractivity contribution >= 4 is 46.4 Å². The van der Waals surface area contributed by atoms with E-state index < -0.39 is 0 Å². The molecule has 6 rings (SSSR count). The van der Waals surface area contributed by atoms with Gasteiger partial charge < -0.3 is 25.8 Å². The third kappa shape index (κ3) is 7.05. The second-order valence-electron chi connectivity index (χ2n) is 11.4. The molecular weight excluding hydrogens is 675 g/mol. The lowest BCUT2D eigenvalue weighted by Gasteiger charge is -2.17. The van der Waals surface area contributed by atoms with E-state index in [-0.39, 0.29) is 24.1 Å². The van der Waals surface area contributed by atoms with E-state index in [2.05, 4.69) is 20.9 Å². The van der Waals surface area contributed by atoms with Crippen LogP contribution in [0.25, 0.3) is 39.2 Å². The molecule has 13 heteroatoms. The molecule has 1 saturated heterocycles. The van der Waals surface area contributed by atoms with E-state index in [0.29, 0.717) is 87.1 Å². The van der Waals surface area contributed by atoms with Crippen molar-refractivity contribution in [1.29, 1.82) is 0 Å². The molecule has 2 aromatic carbocycles. The van der Waals surface area contributed by atoms with Crippen LogP contribution in [0.4, 0.5) is 0 Å². The summed E-state index contributed by atoms with van der Waals surface area (Å²) in [5.41, 5.74) is 5.65. The topological polar surface area (TPSA) is 130 Å². The Bertz CT molecular complexity index is 2050. The number of aliphatic hydroxyl groups excluding tert-OH is 1. The molecule has 0 saturated carbocycles. The number of ether oxygens (including phenoxy) is 1. The van der Waals surface area contributed by atoms with Crippen LogP contribution in [0.1, 0.15) is 24.0 Å². The number of pyridine rings is 2. The van der Waals surface area contributed by atoms with Gasteiger partial charge in [-0.3, -0.25) is 14.0 Å². The van der Waals surface area contributed by atoms with Crippen LogP contribution in [-0.4, -0.2) is 58.2 Å². The quantitative estimate of drug-likeness (QED) is 0.125. The Kier molecular flexibility index (Phi) is 10.6. The number of hydrogen-bond acceptors (Lipinski definition) is 8. The summed E-state index contributed by atoms with van der Waals surface area (Å²) in [7, 11) is 1.54. The van der Waals surface area contributed by atoms with E-state index in [1.165, 1.54) is 4.40 Å². The molecule has 3 aromatic heterocycles. The highest BCUT2D eigenvalue weighted by molar-refractivity contribution is 6.39. The molecule has 0 aliphatic carbocycles. The fourth-order valence-electron chi connectivity index (χ4n) is 5.79. The maximum Gasteiger partial charge on any atom is 0.262 e. The fraction of sp³-hybridized carbons (Fsp3) is 0.257. The van der Waals surface area contributed by atoms with E-state index in [1.807, 2.05) is 48.5 Å². The van der Waals surface area contributed by atoms with Gasteiger partial charge in [0.05, 0.1) is 34.5 Å². The highest BCUT2D eigenvalue weighted by atomic mass is 35.5. The summed E-state index contributed by atoms with van der Waals surface area (Å²) < 4.78 is 7.11. The molecule has 0 radical (unpaired) electrons. The molecule has 1 aliphatic rings. The number of benzene rings is 2. The Labute approximate surface area is 292 Å². The second-order valence-corrected chi connectivity index (χ2v) is 12.5. The van der Waals surface area contributed by atoms with E-state index >= 15 is 0 Å². The van der Waals surface area contributed by atoms with Crippen molar-refractivity contribution in [2.45, 2.75) is 32.0 Å². The number of fused-ring (bicyclic) bond motifs is 1. The van der Waals surface area contributed by atoms with Crippen molar-refractivity contribution in [3.05, 3.63) is 104 Å². The predicted octanol–water partition coefficient (Wildman–Crippen LogP) is 5.51. The number of hydrogen-bond donors (Lipinski definition) is 4. The van der Waals surface area contributed by atoms with E-state index in [1.54, 1.807) is 25.6 Å². The number of nitrogens with zero attached hydrogens (tertiary/aromatic N) is 3. The average Bonchev–Trinajstić information content (AvgIpc) is 3.51. The van der Waals surface area contributed by atoms with Gasteiger partial charge in [0.2, 0.25) is 11.8 Å². The maximum atomic E-state index is 13.0. The van der Waals surface area contributed by atoms with Gasteiger partial charge in [0, 0.05) is 84.4 Å². The van der Waals surface area contributed by atoms with Gasteiger partial charge >= 0.3 is 0 Å². The molecule has 1 fully saturated rings. The lowest BCUT2D eigenvalue weighted by molar-refractivity contribution is -0.119. The summed E-state index contributed by atoms with van der Waals surface area (Å²) in [5.74, 6) is 0.442. The first kappa shape index (κ1) is 33.9. The molecule has 5 aromatic rings. The zero-order valence-electron chi connectivity index (χ0n) is 26.0. The third-order valence-corrected chi connectivity index (χ3v) is 9.41. The zero-order valence-corrected chi connectivity index (χ0v) is 28.3. The summed E-state index contributed by atoms with van der Waals surface area (Å²) >= 11 is 20.9. The maximum absolute atomic E-state index is 13.0. The summed E-state index contributed by atoms with van der Waals surface area (Å²) in [4.78, 5) is 33.8. The van der Waals surface area contributed by atoms with Crippen molar-refractivity contribution in [3.8, 4) is 39.4 Å². The first-order valence-electron chi connectivity index (χ1n) is 15.4. The summed E-state index contributed by atoms with van der Waals surface area (Å²) in [6.07, 6.45) is 4.56. The van der Waals surface area contributed by atoms with Crippen molar-refractivity contribution in [3.63, 3.8) is 0 Å². The Hall–Kier alpha value is -4.03. The van der Waals surface area contributed by atoms with Gasteiger partial charge in [-0.1, -0.05) is 71.2 Å². The van der Waals surface area contributed by atoms with Gasteiger partial charge in [0.25, 0.3) is 5.56 Å². The van der Waals surface area contributed by atoms with Crippen LogP contribution in [-0.2, 0) is 17.9 Å². The van der Waals surface area contributed by atoms with Crippen LogP contribution in [0.3, 0.4) is 0 Å². The van der Waals surface area contributed by atoms with E-state index in [4.69, 9.17) is 49.6 Å². The van der Waals surface area contributed by atoms with E-state index in [0.717, 1.165) is 23.1 Å². The number of aromatic nitrogens is 3. The Balaban J connectivity index is 1.29. The molecule has 248 valence electrons. The molecule has 0 spiro atoms. The number of aliphatic hydroxyl groups is 1. The van der Waals surface area contributed by atoms with E-state index in [9.17, 15) is 9.59 Å². The number of halogens is 3. The first-order chi connectivity index (χ1) is 23.3. The molecule has 0 unspecified atom stereocenters. The molecule has 4 N–H and O–H groups in total. The summed E-state index contributed by atoms with van der Waals surface area (Å²) in [5, 5.41) is 19.7. The van der Waals surface area contributed by atoms with Crippen LogP contribution < -0.4 is 26.2 Å². The van der Waals surface area contributed by atoms with Crippen molar-refractivity contribution < 1.29 is 14.6 Å². The van der Waals surface area contributed by atoms with Crippen LogP contribution in [0.15, 0.2) is 71.8 Å². The Morgan fingerprint density at radius 3 is 2.42 bits per heavy atom. The van der Waals surface area contributed by atoms with Gasteiger partial charge in [0.15, 0.2) is 0 Å². The third-order valence-electron chi connectivity index (χ3n) is 8.26. The summed E-state index contributed by atoms with van der Waals surface area (Å²) in [6.45, 7) is 1.70. The second kappa shape index (κ2) is 15.0. The number of nitrogens with one attached hydrogen (secondary N) is 3. The highest BCUT2D eigenvalue weighted by Crippen LogP contribution is 2.43. The minimum atomic E-state index is -0.186. The van der Waals surface area contributed by atoms with Crippen LogP contribution in [0, 0.1) is 0 Å². The predicted molar refractivity (Wildman–Crippen MR) is 189 cm³/mol. The van der Waals surface area contributed by atoms with Gasteiger partial charge in [0.1, 0.15) is 5.65 Å². The number of carbonyl (C=O) groups is 1. The van der Waals surface area contributed by atoms with Gasteiger partial charge in [-0.25, -0.2) is 9.97 Å². The smallest absolute Gasteiger partial charge is 0.262 e. The standard InChI is InChI=1S/C35H33Cl3N6O4/c1-48-34-27(19-40-18-22-8-9-31(46)42-22)28(36)15-29(43-34)26-7-3-6-25(33(26)38)24-5-2-4-23(32(24)37)20-10-12-44-30(14-20)41-17-21(35(44)47)16-39-11-13-45/h2-7,10,12,14-15,17,22,39-40,45H,8-9,11,13,16,18-19H2,1H3,(H,42,46)/t22-/m0/s1. The van der Waals surface area contributed by atoms with Crippen LogP contribution in [0.5, 0.6) is 5.88 Å². The molecule has 4 heterocycles. The SMILES string of the molecule is COc1nc(-c2cccc(-c3cccc(-c4ccn5c(=O)c(CNCCO)cnc5c4)c3Cl)c2Cl)cc(Cl)c1CNC[C@@H]1CCC(=O)N1. The van der Waals surface area contributed by atoms with Gasteiger partial charge in [-0.2, -0.15) is 0 Å². The van der Waals surface area contributed by atoms with Gasteiger partial charge in [-0.15, -0.1) is 0 Å². The fourth-order valence-corrected chi connectivity index (χ4v) is 6.70. The Morgan fingerprint density at radius 2 is 1.71 bits per heavy atom.